The van der Waals surface area contributed by atoms with E-state index in [4.69, 9.17) is 14.5 Å². The monoisotopic (exact) mass is 481 g/mol. The molecule has 1 aromatic heterocycles. The van der Waals surface area contributed by atoms with E-state index in [2.05, 4.69) is 9.88 Å². The van der Waals surface area contributed by atoms with Gasteiger partial charge in [-0.1, -0.05) is 6.07 Å². The molecule has 1 aliphatic rings. The van der Waals surface area contributed by atoms with Gasteiger partial charge in [-0.2, -0.15) is 0 Å². The number of hydrogen-bond acceptors (Lipinski definition) is 6. The van der Waals surface area contributed by atoms with Crippen molar-refractivity contribution < 1.29 is 23.0 Å². The van der Waals surface area contributed by atoms with E-state index in [1.54, 1.807) is 12.1 Å². The van der Waals surface area contributed by atoms with E-state index in [1.807, 2.05) is 39.1 Å². The first-order valence-corrected chi connectivity index (χ1v) is 11.6. The molecule has 0 spiro atoms. The van der Waals surface area contributed by atoms with Gasteiger partial charge in [0.05, 0.1) is 12.1 Å². The quantitative estimate of drug-likeness (QED) is 0.438. The first-order chi connectivity index (χ1) is 16.7. The van der Waals surface area contributed by atoms with Gasteiger partial charge in [0, 0.05) is 43.4 Å². The molecule has 0 unspecified atom stereocenters. The number of esters is 1. The normalized spacial score (nSPS) is 13.9. The van der Waals surface area contributed by atoms with Crippen molar-refractivity contribution in [2.45, 2.75) is 52.4 Å². The highest BCUT2D eigenvalue weighted by molar-refractivity contribution is 5.70. The van der Waals surface area contributed by atoms with Crippen LogP contribution in [0.4, 0.5) is 8.78 Å². The Balaban J connectivity index is 1.33. The second-order valence-corrected chi connectivity index (χ2v) is 9.59. The van der Waals surface area contributed by atoms with Gasteiger partial charge in [0.1, 0.15) is 18.0 Å². The van der Waals surface area contributed by atoms with Crippen LogP contribution in [0.5, 0.6) is 5.75 Å². The average molecular weight is 482 g/mol. The zero-order valence-corrected chi connectivity index (χ0v) is 20.2. The van der Waals surface area contributed by atoms with E-state index in [9.17, 15) is 13.6 Å². The molecule has 6 nitrogen and oxygen atoms in total. The smallest absolute Gasteiger partial charge is 0.307 e. The van der Waals surface area contributed by atoms with Gasteiger partial charge in [0.15, 0.2) is 17.5 Å². The van der Waals surface area contributed by atoms with Crippen molar-refractivity contribution in [3.63, 3.8) is 0 Å². The van der Waals surface area contributed by atoms with Crippen molar-refractivity contribution in [1.82, 2.24) is 14.9 Å². The average Bonchev–Trinajstić information content (AvgIpc) is 2.82. The van der Waals surface area contributed by atoms with Crippen LogP contribution in [0.2, 0.25) is 0 Å². The highest BCUT2D eigenvalue weighted by Gasteiger charge is 2.21. The summed E-state index contributed by atoms with van der Waals surface area (Å²) < 4.78 is 37.5. The lowest BCUT2D eigenvalue weighted by atomic mass is 10.1. The predicted molar refractivity (Wildman–Crippen MR) is 128 cm³/mol. The fourth-order valence-electron chi connectivity index (χ4n) is 3.84. The SMILES string of the molecule is CC(C)(C)OC(=O)CCN1CCc2nc(-c3ccc(OCc4ccc(F)c(F)c4)cc3)ncc2C1. The van der Waals surface area contributed by atoms with Crippen LogP contribution in [0.15, 0.2) is 48.7 Å². The molecule has 1 aliphatic heterocycles. The lowest BCUT2D eigenvalue weighted by molar-refractivity contribution is -0.155. The fourth-order valence-corrected chi connectivity index (χ4v) is 3.84. The minimum Gasteiger partial charge on any atom is -0.489 e. The summed E-state index contributed by atoms with van der Waals surface area (Å²) in [5, 5.41) is 0. The minimum atomic E-state index is -0.892. The Kier molecular flexibility index (Phi) is 7.40. The summed E-state index contributed by atoms with van der Waals surface area (Å²) >= 11 is 0. The molecule has 3 aromatic rings. The Hall–Kier alpha value is -3.39. The molecule has 2 heterocycles. The Morgan fingerprint density at radius 3 is 2.57 bits per heavy atom. The summed E-state index contributed by atoms with van der Waals surface area (Å²) in [6.07, 6.45) is 3.00. The van der Waals surface area contributed by atoms with Crippen LogP contribution in [0.1, 0.15) is 44.0 Å². The van der Waals surface area contributed by atoms with Gasteiger partial charge in [-0.15, -0.1) is 0 Å². The van der Waals surface area contributed by atoms with Gasteiger partial charge in [0.2, 0.25) is 0 Å². The van der Waals surface area contributed by atoms with Crippen LogP contribution in [-0.4, -0.2) is 39.5 Å². The van der Waals surface area contributed by atoms with Gasteiger partial charge in [-0.3, -0.25) is 9.69 Å². The Morgan fingerprint density at radius 1 is 1.09 bits per heavy atom. The highest BCUT2D eigenvalue weighted by atomic mass is 19.2. The summed E-state index contributed by atoms with van der Waals surface area (Å²) in [5.41, 5.74) is 3.02. The molecule has 4 rings (SSSR count). The molecule has 0 N–H and O–H groups in total. The van der Waals surface area contributed by atoms with Crippen molar-refractivity contribution in [1.29, 1.82) is 0 Å². The summed E-state index contributed by atoms with van der Waals surface area (Å²) in [7, 11) is 0. The molecule has 0 radical (unpaired) electrons. The fraction of sp³-hybridized carbons (Fsp3) is 0.370. The zero-order valence-electron chi connectivity index (χ0n) is 20.2. The van der Waals surface area contributed by atoms with Gasteiger partial charge in [-0.05, 0) is 62.7 Å². The molecule has 8 heteroatoms. The van der Waals surface area contributed by atoms with Crippen LogP contribution < -0.4 is 4.74 Å². The highest BCUT2D eigenvalue weighted by Crippen LogP contribution is 2.24. The number of rotatable bonds is 7. The molecule has 0 aliphatic carbocycles. The first kappa shape index (κ1) is 24.7. The number of carbonyl (C=O) groups is 1. The van der Waals surface area contributed by atoms with E-state index in [-0.39, 0.29) is 12.6 Å². The Labute approximate surface area is 203 Å². The van der Waals surface area contributed by atoms with Crippen LogP contribution in [0.3, 0.4) is 0 Å². The summed E-state index contributed by atoms with van der Waals surface area (Å²) in [6.45, 7) is 7.91. The second kappa shape index (κ2) is 10.5. The number of hydrogen-bond donors (Lipinski definition) is 0. The maximum Gasteiger partial charge on any atom is 0.307 e. The summed E-state index contributed by atoms with van der Waals surface area (Å²) in [6, 6.07) is 11.1. The van der Waals surface area contributed by atoms with Crippen molar-refractivity contribution in [2.24, 2.45) is 0 Å². The van der Waals surface area contributed by atoms with E-state index < -0.39 is 17.2 Å². The van der Waals surface area contributed by atoms with E-state index >= 15 is 0 Å². The molecule has 0 saturated carbocycles. The lowest BCUT2D eigenvalue weighted by Gasteiger charge is -2.28. The molecule has 0 bridgehead atoms. The van der Waals surface area contributed by atoms with Crippen LogP contribution >= 0.6 is 0 Å². The third-order valence-electron chi connectivity index (χ3n) is 5.57. The molecular weight excluding hydrogens is 452 g/mol. The zero-order chi connectivity index (χ0) is 25.0. The number of halogens is 2. The summed E-state index contributed by atoms with van der Waals surface area (Å²) in [4.78, 5) is 23.5. The number of benzene rings is 2. The molecule has 2 aromatic carbocycles. The number of carbonyl (C=O) groups excluding carboxylic acids is 1. The van der Waals surface area contributed by atoms with Crippen LogP contribution in [0.25, 0.3) is 11.4 Å². The number of nitrogens with zero attached hydrogens (tertiary/aromatic N) is 3. The largest absolute Gasteiger partial charge is 0.489 e. The summed E-state index contributed by atoms with van der Waals surface area (Å²) in [5.74, 6) is -0.712. The number of fused-ring (bicyclic) bond motifs is 1. The number of ether oxygens (including phenoxy) is 2. The third-order valence-corrected chi connectivity index (χ3v) is 5.57. The molecule has 35 heavy (non-hydrogen) atoms. The van der Waals surface area contributed by atoms with Crippen molar-refractivity contribution in [3.05, 3.63) is 77.1 Å². The molecule has 0 saturated heterocycles. The minimum absolute atomic E-state index is 0.135. The van der Waals surface area contributed by atoms with Crippen molar-refractivity contribution in [3.8, 4) is 17.1 Å². The van der Waals surface area contributed by atoms with Crippen LogP contribution in [0, 0.1) is 11.6 Å². The van der Waals surface area contributed by atoms with Gasteiger partial charge >= 0.3 is 5.97 Å². The van der Waals surface area contributed by atoms with E-state index in [1.165, 1.54) is 6.07 Å². The van der Waals surface area contributed by atoms with Gasteiger partial charge < -0.3 is 9.47 Å². The predicted octanol–water partition coefficient (Wildman–Crippen LogP) is 5.09. The van der Waals surface area contributed by atoms with Crippen molar-refractivity contribution in [2.75, 3.05) is 13.1 Å². The van der Waals surface area contributed by atoms with Gasteiger partial charge in [0.25, 0.3) is 0 Å². The molecule has 0 amide bonds. The maximum atomic E-state index is 13.3. The molecule has 0 fully saturated rings. The van der Waals surface area contributed by atoms with E-state index in [0.29, 0.717) is 36.6 Å². The van der Waals surface area contributed by atoms with Crippen molar-refractivity contribution >= 4 is 5.97 Å². The molecule has 184 valence electrons. The third kappa shape index (κ3) is 6.82. The number of aromatic nitrogens is 2. The van der Waals surface area contributed by atoms with E-state index in [0.717, 1.165) is 41.9 Å². The van der Waals surface area contributed by atoms with Crippen LogP contribution in [-0.2, 0) is 29.1 Å². The Bertz CT molecular complexity index is 1190. The topological polar surface area (TPSA) is 64.5 Å². The molecular formula is C27H29F2N3O3. The maximum absolute atomic E-state index is 13.3. The molecule has 0 atom stereocenters. The lowest BCUT2D eigenvalue weighted by Crippen LogP contribution is -2.34. The standard InChI is InChI=1S/C27H29F2N3O3/c1-27(2,3)35-25(33)11-13-32-12-10-24-20(16-32)15-30-26(31-24)19-5-7-21(8-6-19)34-17-18-4-9-22(28)23(29)14-18/h4-9,14-15H,10-13,16-17H2,1-3H3. The van der Waals surface area contributed by atoms with Gasteiger partial charge in [-0.25, -0.2) is 18.7 Å². The first-order valence-electron chi connectivity index (χ1n) is 11.6. The second-order valence-electron chi connectivity index (χ2n) is 9.59. The Morgan fingerprint density at radius 2 is 1.86 bits per heavy atom.